The van der Waals surface area contributed by atoms with Crippen LogP contribution in [0.15, 0.2) is 53.4 Å². The Labute approximate surface area is 144 Å². The minimum atomic E-state index is -4.16. The van der Waals surface area contributed by atoms with E-state index in [1.807, 2.05) is 0 Å². The summed E-state index contributed by atoms with van der Waals surface area (Å²) in [6, 6.07) is 10.2. The van der Waals surface area contributed by atoms with E-state index >= 15 is 0 Å². The van der Waals surface area contributed by atoms with Crippen LogP contribution >= 0.6 is 0 Å². The number of nitrogens with zero attached hydrogens (tertiary/aromatic N) is 1. The zero-order chi connectivity index (χ0) is 18.6. The first-order valence-electron chi connectivity index (χ1n) is 7.14. The van der Waals surface area contributed by atoms with Crippen molar-refractivity contribution in [1.82, 2.24) is 0 Å². The van der Waals surface area contributed by atoms with Crippen molar-refractivity contribution < 1.29 is 22.4 Å². The van der Waals surface area contributed by atoms with E-state index in [1.165, 1.54) is 43.3 Å². The highest BCUT2D eigenvalue weighted by molar-refractivity contribution is 7.92. The Morgan fingerprint density at radius 1 is 1.16 bits per heavy atom. The maximum Gasteiger partial charge on any atom is 0.264 e. The molecule has 0 aromatic heterocycles. The predicted molar refractivity (Wildman–Crippen MR) is 90.9 cm³/mol. The van der Waals surface area contributed by atoms with E-state index in [-0.39, 0.29) is 16.5 Å². The van der Waals surface area contributed by atoms with Crippen molar-refractivity contribution >= 4 is 33.2 Å². The molecule has 2 amide bonds. The average molecular weight is 365 g/mol. The topological polar surface area (TPSA) is 110 Å². The molecule has 0 saturated heterocycles. The number of hydrogen-bond donors (Lipinski definition) is 2. The van der Waals surface area contributed by atoms with Gasteiger partial charge in [-0.2, -0.15) is 0 Å². The molecule has 2 aromatic carbocycles. The number of carbonyl (C=O) groups excluding carboxylic acids is 2. The van der Waals surface area contributed by atoms with Crippen molar-refractivity contribution in [2.24, 2.45) is 5.73 Å². The van der Waals surface area contributed by atoms with Gasteiger partial charge in [0.2, 0.25) is 11.8 Å². The van der Waals surface area contributed by atoms with Crippen LogP contribution in [0.25, 0.3) is 0 Å². The normalized spacial score (nSPS) is 11.0. The van der Waals surface area contributed by atoms with Gasteiger partial charge in [0.05, 0.1) is 10.6 Å². The molecule has 0 unspecified atom stereocenters. The Morgan fingerprint density at radius 2 is 1.80 bits per heavy atom. The summed E-state index contributed by atoms with van der Waals surface area (Å²) in [5.41, 5.74) is 5.53. The molecule has 132 valence electrons. The number of anilines is 2. The molecule has 25 heavy (non-hydrogen) atoms. The summed E-state index contributed by atoms with van der Waals surface area (Å²) in [7, 11) is -4.16. The van der Waals surface area contributed by atoms with Crippen molar-refractivity contribution in [3.63, 3.8) is 0 Å². The largest absolute Gasteiger partial charge is 0.368 e. The van der Waals surface area contributed by atoms with Gasteiger partial charge in [-0.3, -0.25) is 13.9 Å². The predicted octanol–water partition coefficient (Wildman–Crippen LogP) is 1.46. The lowest BCUT2D eigenvalue weighted by Crippen LogP contribution is -2.38. The van der Waals surface area contributed by atoms with Gasteiger partial charge in [0.15, 0.2) is 0 Å². The highest BCUT2D eigenvalue weighted by atomic mass is 32.2. The van der Waals surface area contributed by atoms with Crippen LogP contribution in [0.3, 0.4) is 0 Å². The SMILES string of the molecule is CC(=O)Nc1ccc(S(=O)(=O)N(CC(N)=O)c2cccc(F)c2)cc1. The van der Waals surface area contributed by atoms with Crippen LogP contribution in [-0.4, -0.2) is 26.8 Å². The average Bonchev–Trinajstić information content (AvgIpc) is 2.52. The Bertz CT molecular complexity index is 898. The second-order valence-corrected chi connectivity index (χ2v) is 7.03. The summed E-state index contributed by atoms with van der Waals surface area (Å²) in [6.45, 7) is 0.683. The van der Waals surface area contributed by atoms with Crippen LogP contribution in [0.2, 0.25) is 0 Å². The Hall–Kier alpha value is -2.94. The lowest BCUT2D eigenvalue weighted by molar-refractivity contribution is -0.116. The third-order valence-corrected chi connectivity index (χ3v) is 4.95. The van der Waals surface area contributed by atoms with Gasteiger partial charge < -0.3 is 11.1 Å². The molecule has 0 fully saturated rings. The molecule has 0 spiro atoms. The Kier molecular flexibility index (Phi) is 5.38. The Morgan fingerprint density at radius 3 is 2.32 bits per heavy atom. The number of halogens is 1. The summed E-state index contributed by atoms with van der Waals surface area (Å²) < 4.78 is 39.8. The van der Waals surface area contributed by atoms with Crippen molar-refractivity contribution in [1.29, 1.82) is 0 Å². The Balaban J connectivity index is 2.44. The number of sulfonamides is 1. The molecule has 0 aliphatic rings. The highest BCUT2D eigenvalue weighted by Crippen LogP contribution is 2.25. The van der Waals surface area contributed by atoms with Crippen LogP contribution in [0.4, 0.5) is 15.8 Å². The van der Waals surface area contributed by atoms with Crippen LogP contribution in [0, 0.1) is 5.82 Å². The first kappa shape index (κ1) is 18.4. The summed E-state index contributed by atoms with van der Waals surface area (Å²) in [6.07, 6.45) is 0. The highest BCUT2D eigenvalue weighted by Gasteiger charge is 2.26. The summed E-state index contributed by atoms with van der Waals surface area (Å²) in [5, 5.41) is 2.51. The van der Waals surface area contributed by atoms with E-state index < -0.39 is 28.3 Å². The number of nitrogens with two attached hydrogens (primary N) is 1. The molecule has 0 aliphatic carbocycles. The van der Waals surface area contributed by atoms with Crippen LogP contribution in [-0.2, 0) is 19.6 Å². The molecule has 0 radical (unpaired) electrons. The van der Waals surface area contributed by atoms with Gasteiger partial charge in [-0.15, -0.1) is 0 Å². The molecule has 0 bridgehead atoms. The standard InChI is InChI=1S/C16H16FN3O4S/c1-11(21)19-13-5-7-15(8-6-13)25(23,24)20(10-16(18)22)14-4-2-3-12(17)9-14/h2-9H,10H2,1H3,(H2,18,22)(H,19,21). The maximum absolute atomic E-state index is 13.5. The van der Waals surface area contributed by atoms with Crippen molar-refractivity contribution in [2.75, 3.05) is 16.2 Å². The summed E-state index contributed by atoms with van der Waals surface area (Å²) >= 11 is 0. The van der Waals surface area contributed by atoms with E-state index in [9.17, 15) is 22.4 Å². The lowest BCUT2D eigenvalue weighted by atomic mass is 10.3. The zero-order valence-corrected chi connectivity index (χ0v) is 14.1. The molecule has 2 rings (SSSR count). The molecule has 0 atom stereocenters. The fourth-order valence-corrected chi connectivity index (χ4v) is 3.55. The number of rotatable bonds is 6. The number of hydrogen-bond acceptors (Lipinski definition) is 4. The minimum Gasteiger partial charge on any atom is -0.368 e. The van der Waals surface area contributed by atoms with Gasteiger partial charge in [0.25, 0.3) is 10.0 Å². The maximum atomic E-state index is 13.5. The van der Waals surface area contributed by atoms with Gasteiger partial charge in [-0.05, 0) is 42.5 Å². The smallest absolute Gasteiger partial charge is 0.264 e. The zero-order valence-electron chi connectivity index (χ0n) is 13.3. The van der Waals surface area contributed by atoms with Crippen molar-refractivity contribution in [3.05, 3.63) is 54.3 Å². The number of benzene rings is 2. The molecular weight excluding hydrogens is 349 g/mol. The third kappa shape index (κ3) is 4.54. The van der Waals surface area contributed by atoms with Gasteiger partial charge in [0.1, 0.15) is 12.4 Å². The molecule has 7 nitrogen and oxygen atoms in total. The molecular formula is C16H16FN3O4S. The molecule has 3 N–H and O–H groups in total. The minimum absolute atomic E-state index is 0.0234. The first-order chi connectivity index (χ1) is 11.7. The van der Waals surface area contributed by atoms with Crippen molar-refractivity contribution in [3.8, 4) is 0 Å². The molecule has 0 heterocycles. The number of carbonyl (C=O) groups is 2. The van der Waals surface area contributed by atoms with E-state index in [4.69, 9.17) is 5.73 Å². The van der Waals surface area contributed by atoms with E-state index in [2.05, 4.69) is 5.32 Å². The van der Waals surface area contributed by atoms with Gasteiger partial charge in [-0.1, -0.05) is 6.07 Å². The van der Waals surface area contributed by atoms with E-state index in [1.54, 1.807) is 0 Å². The van der Waals surface area contributed by atoms with Gasteiger partial charge in [0, 0.05) is 12.6 Å². The first-order valence-corrected chi connectivity index (χ1v) is 8.58. The molecule has 0 saturated carbocycles. The monoisotopic (exact) mass is 365 g/mol. The number of primary amides is 1. The summed E-state index contributed by atoms with van der Waals surface area (Å²) in [5.74, 6) is -1.84. The van der Waals surface area contributed by atoms with E-state index in [0.29, 0.717) is 5.69 Å². The number of nitrogens with one attached hydrogen (secondary N) is 1. The molecule has 2 aromatic rings. The fourth-order valence-electron chi connectivity index (χ4n) is 2.13. The summed E-state index contributed by atoms with van der Waals surface area (Å²) in [4.78, 5) is 22.2. The fraction of sp³-hybridized carbons (Fsp3) is 0.125. The quantitative estimate of drug-likeness (QED) is 0.807. The van der Waals surface area contributed by atoms with Gasteiger partial charge >= 0.3 is 0 Å². The van der Waals surface area contributed by atoms with Crippen LogP contribution in [0.1, 0.15) is 6.92 Å². The van der Waals surface area contributed by atoms with Crippen LogP contribution < -0.4 is 15.4 Å². The molecule has 0 aliphatic heterocycles. The van der Waals surface area contributed by atoms with E-state index in [0.717, 1.165) is 16.4 Å². The van der Waals surface area contributed by atoms with Gasteiger partial charge in [-0.25, -0.2) is 12.8 Å². The van der Waals surface area contributed by atoms with Crippen molar-refractivity contribution in [2.45, 2.75) is 11.8 Å². The second kappa shape index (κ2) is 7.31. The third-order valence-electron chi connectivity index (χ3n) is 3.16. The van der Waals surface area contributed by atoms with Crippen LogP contribution in [0.5, 0.6) is 0 Å². The number of amides is 2. The molecule has 9 heteroatoms. The second-order valence-electron chi connectivity index (χ2n) is 5.16. The lowest BCUT2D eigenvalue weighted by Gasteiger charge is -2.23.